The minimum absolute atomic E-state index is 0.0365. The fourth-order valence-electron chi connectivity index (χ4n) is 2.93. The van der Waals surface area contributed by atoms with E-state index in [0.717, 1.165) is 11.5 Å². The second kappa shape index (κ2) is 4.64. The standard InChI is InChI=1S/C14H17N3O2/c1-9-15-7-12(10-4-2-3-5-10)14-16-11(6-13(18)19)8-17(9)14/h7-8,10H,2-6H2,1H3,(H,18,19). The fourth-order valence-corrected chi connectivity index (χ4v) is 2.93. The zero-order valence-corrected chi connectivity index (χ0v) is 11.0. The molecule has 0 aromatic carbocycles. The van der Waals surface area contributed by atoms with Crippen LogP contribution in [0.25, 0.3) is 5.65 Å². The van der Waals surface area contributed by atoms with E-state index in [9.17, 15) is 4.79 Å². The SMILES string of the molecule is Cc1ncc(C2CCCC2)c2nc(CC(=O)O)cn12. The first-order valence-electron chi connectivity index (χ1n) is 6.70. The molecule has 5 heteroatoms. The van der Waals surface area contributed by atoms with Crippen molar-refractivity contribution in [3.05, 3.63) is 29.5 Å². The van der Waals surface area contributed by atoms with Crippen molar-refractivity contribution in [2.24, 2.45) is 0 Å². The fraction of sp³-hybridized carbons (Fsp3) is 0.500. The van der Waals surface area contributed by atoms with Gasteiger partial charge in [0, 0.05) is 18.0 Å². The smallest absolute Gasteiger partial charge is 0.309 e. The molecular weight excluding hydrogens is 242 g/mol. The summed E-state index contributed by atoms with van der Waals surface area (Å²) in [4.78, 5) is 19.7. The predicted octanol–water partition coefficient (Wildman–Crippen LogP) is 2.32. The lowest BCUT2D eigenvalue weighted by atomic mass is 10.0. The number of aliphatic carboxylic acids is 1. The lowest BCUT2D eigenvalue weighted by Crippen LogP contribution is -2.02. The molecule has 0 saturated heterocycles. The highest BCUT2D eigenvalue weighted by atomic mass is 16.4. The van der Waals surface area contributed by atoms with Gasteiger partial charge >= 0.3 is 5.97 Å². The van der Waals surface area contributed by atoms with Gasteiger partial charge in [-0.2, -0.15) is 0 Å². The Hall–Kier alpha value is -1.91. The summed E-state index contributed by atoms with van der Waals surface area (Å²) in [6.45, 7) is 1.91. The van der Waals surface area contributed by atoms with E-state index in [1.807, 2.05) is 17.5 Å². The summed E-state index contributed by atoms with van der Waals surface area (Å²) in [6.07, 6.45) is 8.55. The van der Waals surface area contributed by atoms with Crippen LogP contribution in [0, 0.1) is 6.92 Å². The minimum Gasteiger partial charge on any atom is -0.481 e. The Bertz CT molecular complexity index is 627. The molecule has 1 aliphatic carbocycles. The largest absolute Gasteiger partial charge is 0.481 e. The van der Waals surface area contributed by atoms with Crippen LogP contribution in [-0.4, -0.2) is 25.4 Å². The Balaban J connectivity index is 2.09. The van der Waals surface area contributed by atoms with Gasteiger partial charge in [0.05, 0.1) is 12.1 Å². The summed E-state index contributed by atoms with van der Waals surface area (Å²) >= 11 is 0. The van der Waals surface area contributed by atoms with Crippen LogP contribution >= 0.6 is 0 Å². The molecule has 100 valence electrons. The molecule has 3 rings (SSSR count). The second-order valence-corrected chi connectivity index (χ2v) is 5.24. The van der Waals surface area contributed by atoms with E-state index in [2.05, 4.69) is 9.97 Å². The molecule has 2 aromatic rings. The maximum absolute atomic E-state index is 10.8. The Morgan fingerprint density at radius 2 is 2.21 bits per heavy atom. The summed E-state index contributed by atoms with van der Waals surface area (Å²) in [7, 11) is 0. The van der Waals surface area contributed by atoms with Gasteiger partial charge in [0.25, 0.3) is 0 Å². The quantitative estimate of drug-likeness (QED) is 0.918. The van der Waals surface area contributed by atoms with Gasteiger partial charge in [0.2, 0.25) is 0 Å². The molecule has 0 spiro atoms. The Labute approximate surface area is 111 Å². The Morgan fingerprint density at radius 3 is 2.89 bits per heavy atom. The number of aryl methyl sites for hydroxylation is 1. The average Bonchev–Trinajstić information content (AvgIpc) is 2.97. The van der Waals surface area contributed by atoms with Crippen molar-refractivity contribution in [2.45, 2.75) is 44.9 Å². The van der Waals surface area contributed by atoms with Crippen LogP contribution in [0.5, 0.6) is 0 Å². The van der Waals surface area contributed by atoms with Crippen LogP contribution < -0.4 is 0 Å². The topological polar surface area (TPSA) is 67.5 Å². The Morgan fingerprint density at radius 1 is 1.47 bits per heavy atom. The number of rotatable bonds is 3. The molecular formula is C14H17N3O2. The van der Waals surface area contributed by atoms with E-state index < -0.39 is 5.97 Å². The first-order chi connectivity index (χ1) is 9.15. The van der Waals surface area contributed by atoms with Crippen molar-refractivity contribution in [3.63, 3.8) is 0 Å². The van der Waals surface area contributed by atoms with Gasteiger partial charge in [0.15, 0.2) is 0 Å². The van der Waals surface area contributed by atoms with E-state index in [-0.39, 0.29) is 6.42 Å². The molecule has 0 unspecified atom stereocenters. The molecule has 1 N–H and O–H groups in total. The molecule has 5 nitrogen and oxygen atoms in total. The lowest BCUT2D eigenvalue weighted by molar-refractivity contribution is -0.136. The van der Waals surface area contributed by atoms with Gasteiger partial charge < -0.3 is 5.11 Å². The molecule has 0 amide bonds. The number of hydrogen-bond acceptors (Lipinski definition) is 3. The number of carbonyl (C=O) groups is 1. The average molecular weight is 259 g/mol. The normalized spacial score (nSPS) is 16.3. The summed E-state index contributed by atoms with van der Waals surface area (Å²) in [6, 6.07) is 0. The van der Waals surface area contributed by atoms with Crippen molar-refractivity contribution in [3.8, 4) is 0 Å². The van der Waals surface area contributed by atoms with Crippen molar-refractivity contribution >= 4 is 11.6 Å². The van der Waals surface area contributed by atoms with E-state index in [0.29, 0.717) is 11.6 Å². The zero-order chi connectivity index (χ0) is 13.4. The third-order valence-electron chi connectivity index (χ3n) is 3.88. The Kier molecular flexibility index (Phi) is 2.97. The number of hydrogen-bond donors (Lipinski definition) is 1. The molecule has 1 aliphatic rings. The van der Waals surface area contributed by atoms with E-state index in [1.54, 1.807) is 6.20 Å². The van der Waals surface area contributed by atoms with Crippen molar-refractivity contribution in [2.75, 3.05) is 0 Å². The molecule has 0 bridgehead atoms. The van der Waals surface area contributed by atoms with Crippen molar-refractivity contribution in [1.82, 2.24) is 14.4 Å². The van der Waals surface area contributed by atoms with Gasteiger partial charge in [0.1, 0.15) is 11.5 Å². The molecule has 1 fully saturated rings. The molecule has 19 heavy (non-hydrogen) atoms. The van der Waals surface area contributed by atoms with Crippen LogP contribution in [0.15, 0.2) is 12.4 Å². The predicted molar refractivity (Wildman–Crippen MR) is 70.3 cm³/mol. The number of carboxylic acid groups (broad SMARTS) is 1. The molecule has 2 heterocycles. The maximum Gasteiger partial charge on any atom is 0.309 e. The first-order valence-corrected chi connectivity index (χ1v) is 6.70. The van der Waals surface area contributed by atoms with Crippen molar-refractivity contribution in [1.29, 1.82) is 0 Å². The second-order valence-electron chi connectivity index (χ2n) is 5.24. The third-order valence-corrected chi connectivity index (χ3v) is 3.88. The monoisotopic (exact) mass is 259 g/mol. The van der Waals surface area contributed by atoms with E-state index >= 15 is 0 Å². The van der Waals surface area contributed by atoms with Gasteiger partial charge in [-0.1, -0.05) is 12.8 Å². The van der Waals surface area contributed by atoms with Gasteiger partial charge in [-0.3, -0.25) is 9.20 Å². The highest BCUT2D eigenvalue weighted by Crippen LogP contribution is 2.35. The number of aromatic nitrogens is 3. The number of nitrogens with zero attached hydrogens (tertiary/aromatic N) is 3. The van der Waals surface area contributed by atoms with Crippen LogP contribution in [0.1, 0.15) is 48.7 Å². The van der Waals surface area contributed by atoms with Crippen LogP contribution in [0.3, 0.4) is 0 Å². The summed E-state index contributed by atoms with van der Waals surface area (Å²) < 4.78 is 1.92. The minimum atomic E-state index is -0.851. The molecule has 0 radical (unpaired) electrons. The first kappa shape index (κ1) is 12.1. The highest BCUT2D eigenvalue weighted by molar-refractivity contribution is 5.70. The van der Waals surface area contributed by atoms with Gasteiger partial charge in [-0.05, 0) is 25.7 Å². The summed E-state index contributed by atoms with van der Waals surface area (Å²) in [5, 5.41) is 8.88. The number of carboxylic acids is 1. The van der Waals surface area contributed by atoms with Crippen LogP contribution in [0.4, 0.5) is 0 Å². The van der Waals surface area contributed by atoms with E-state index in [1.165, 1.54) is 31.2 Å². The highest BCUT2D eigenvalue weighted by Gasteiger charge is 2.22. The van der Waals surface area contributed by atoms with Gasteiger partial charge in [-0.25, -0.2) is 9.97 Å². The summed E-state index contributed by atoms with van der Waals surface area (Å²) in [5.41, 5.74) is 2.65. The number of fused-ring (bicyclic) bond motifs is 1. The summed E-state index contributed by atoms with van der Waals surface area (Å²) in [5.74, 6) is 0.521. The molecule has 0 atom stereocenters. The van der Waals surface area contributed by atoms with Gasteiger partial charge in [-0.15, -0.1) is 0 Å². The lowest BCUT2D eigenvalue weighted by Gasteiger charge is -2.11. The maximum atomic E-state index is 10.8. The van der Waals surface area contributed by atoms with Crippen molar-refractivity contribution < 1.29 is 9.90 Å². The molecule has 2 aromatic heterocycles. The zero-order valence-electron chi connectivity index (χ0n) is 11.0. The third kappa shape index (κ3) is 2.20. The van der Waals surface area contributed by atoms with Crippen LogP contribution in [-0.2, 0) is 11.2 Å². The number of imidazole rings is 1. The van der Waals surface area contributed by atoms with Crippen LogP contribution in [0.2, 0.25) is 0 Å². The van der Waals surface area contributed by atoms with E-state index in [4.69, 9.17) is 5.11 Å². The molecule has 0 aliphatic heterocycles. The molecule has 1 saturated carbocycles.